The average molecular weight is 212 g/mol. The van der Waals surface area contributed by atoms with Gasteiger partial charge in [-0.1, -0.05) is 24.9 Å². The van der Waals surface area contributed by atoms with Crippen molar-refractivity contribution in [3.63, 3.8) is 0 Å². The molecule has 0 bridgehead atoms. The number of carbonyl (C=O) groups excluding carboxylic acids is 1. The lowest BCUT2D eigenvalue weighted by Gasteiger charge is -2.06. The van der Waals surface area contributed by atoms with Crippen molar-refractivity contribution in [3.8, 4) is 0 Å². The Morgan fingerprint density at radius 3 is 2.86 bits per heavy atom. The predicted molar refractivity (Wildman–Crippen MR) is 58.0 cm³/mol. The summed E-state index contributed by atoms with van der Waals surface area (Å²) in [6.07, 6.45) is 3.81. The van der Waals surface area contributed by atoms with Crippen molar-refractivity contribution in [2.75, 3.05) is 0 Å². The minimum Gasteiger partial charge on any atom is -0.298 e. The molecule has 0 radical (unpaired) electrons. The first kappa shape index (κ1) is 11.2. The summed E-state index contributed by atoms with van der Waals surface area (Å²) in [6.45, 7) is 3.99. The Morgan fingerprint density at radius 1 is 1.57 bits per heavy atom. The van der Waals surface area contributed by atoms with Gasteiger partial charge in [0.2, 0.25) is 0 Å². The molecule has 0 aromatic carbocycles. The third kappa shape index (κ3) is 2.55. The molecular weight excluding hydrogens is 198 g/mol. The topological polar surface area (TPSA) is 30.0 Å². The lowest BCUT2D eigenvalue weighted by molar-refractivity contribution is 0.112. The summed E-state index contributed by atoms with van der Waals surface area (Å²) in [4.78, 5) is 15.0. The van der Waals surface area contributed by atoms with Crippen LogP contribution >= 0.6 is 11.6 Å². The number of rotatable bonds is 4. The number of nitrogens with zero attached hydrogens (tertiary/aromatic N) is 1. The second-order valence-corrected chi connectivity index (χ2v) is 3.73. The van der Waals surface area contributed by atoms with E-state index in [1.165, 1.54) is 0 Å². The average Bonchev–Trinajstić information content (AvgIpc) is 2.14. The van der Waals surface area contributed by atoms with Crippen LogP contribution in [0.15, 0.2) is 6.07 Å². The molecule has 0 aliphatic rings. The number of pyridine rings is 1. The summed E-state index contributed by atoms with van der Waals surface area (Å²) in [6, 6.07) is 1.72. The highest BCUT2D eigenvalue weighted by molar-refractivity contribution is 6.29. The van der Waals surface area contributed by atoms with Gasteiger partial charge in [0.25, 0.3) is 0 Å². The molecule has 0 fully saturated rings. The second-order valence-electron chi connectivity index (χ2n) is 3.34. The van der Waals surface area contributed by atoms with E-state index in [9.17, 15) is 4.79 Å². The quantitative estimate of drug-likeness (QED) is 0.566. The van der Waals surface area contributed by atoms with Gasteiger partial charge < -0.3 is 0 Å². The van der Waals surface area contributed by atoms with Crippen molar-refractivity contribution in [2.24, 2.45) is 0 Å². The third-order valence-electron chi connectivity index (χ3n) is 2.20. The highest BCUT2D eigenvalue weighted by Gasteiger charge is 2.07. The number of hydrogen-bond donors (Lipinski definition) is 0. The van der Waals surface area contributed by atoms with Gasteiger partial charge in [-0.3, -0.25) is 4.79 Å². The van der Waals surface area contributed by atoms with Crippen molar-refractivity contribution in [2.45, 2.75) is 33.1 Å². The maximum Gasteiger partial charge on any atom is 0.152 e. The van der Waals surface area contributed by atoms with Gasteiger partial charge in [0.05, 0.1) is 5.69 Å². The second kappa shape index (κ2) is 5.11. The van der Waals surface area contributed by atoms with Gasteiger partial charge >= 0.3 is 0 Å². The molecule has 14 heavy (non-hydrogen) atoms. The minimum atomic E-state index is 0.471. The Morgan fingerprint density at radius 2 is 2.29 bits per heavy atom. The number of hydrogen-bond acceptors (Lipinski definition) is 2. The minimum absolute atomic E-state index is 0.471. The van der Waals surface area contributed by atoms with E-state index in [1.54, 1.807) is 6.07 Å². The zero-order chi connectivity index (χ0) is 10.6. The van der Waals surface area contributed by atoms with Crippen LogP contribution in [0, 0.1) is 6.92 Å². The fourth-order valence-corrected chi connectivity index (χ4v) is 1.67. The maximum atomic E-state index is 10.8. The van der Waals surface area contributed by atoms with Crippen LogP contribution in [0.25, 0.3) is 0 Å². The summed E-state index contributed by atoms with van der Waals surface area (Å²) in [7, 11) is 0. The molecule has 0 unspecified atom stereocenters. The van der Waals surface area contributed by atoms with Crippen molar-refractivity contribution >= 4 is 17.9 Å². The van der Waals surface area contributed by atoms with E-state index in [4.69, 9.17) is 11.6 Å². The molecule has 0 N–H and O–H groups in total. The van der Waals surface area contributed by atoms with E-state index in [2.05, 4.69) is 11.9 Å². The molecule has 2 nitrogen and oxygen atoms in total. The van der Waals surface area contributed by atoms with Crippen LogP contribution in [-0.4, -0.2) is 11.3 Å². The molecule has 0 saturated carbocycles. The van der Waals surface area contributed by atoms with Crippen LogP contribution in [0.2, 0.25) is 5.15 Å². The summed E-state index contributed by atoms with van der Waals surface area (Å²) in [5.74, 6) is 0. The van der Waals surface area contributed by atoms with Gasteiger partial charge in [-0.25, -0.2) is 4.98 Å². The van der Waals surface area contributed by atoms with Gasteiger partial charge in [0.15, 0.2) is 6.29 Å². The lowest BCUT2D eigenvalue weighted by atomic mass is 10.1. The number of aromatic nitrogens is 1. The van der Waals surface area contributed by atoms with E-state index in [0.717, 1.165) is 36.8 Å². The van der Waals surface area contributed by atoms with Crippen LogP contribution < -0.4 is 0 Å². The Hall–Kier alpha value is -0.890. The molecule has 1 aromatic heterocycles. The Kier molecular flexibility index (Phi) is 4.08. The van der Waals surface area contributed by atoms with Gasteiger partial charge in [-0.05, 0) is 31.4 Å². The molecule has 1 rings (SSSR count). The number of unbranched alkanes of at least 4 members (excludes halogenated alkanes) is 1. The normalized spacial score (nSPS) is 10.2. The monoisotopic (exact) mass is 211 g/mol. The summed E-state index contributed by atoms with van der Waals surface area (Å²) in [5.41, 5.74) is 2.43. The predicted octanol–water partition coefficient (Wildman–Crippen LogP) is 3.20. The van der Waals surface area contributed by atoms with E-state index < -0.39 is 0 Å². The molecule has 1 aromatic rings. The zero-order valence-electron chi connectivity index (χ0n) is 8.51. The van der Waals surface area contributed by atoms with E-state index in [0.29, 0.717) is 10.7 Å². The molecule has 76 valence electrons. The molecular formula is C11H14ClNO. The highest BCUT2D eigenvalue weighted by Crippen LogP contribution is 2.17. The SMILES string of the molecule is CCCCc1nc(Cl)cc(C)c1C=O. The first-order chi connectivity index (χ1) is 6.69. The molecule has 3 heteroatoms. The van der Waals surface area contributed by atoms with Gasteiger partial charge in [-0.15, -0.1) is 0 Å². The summed E-state index contributed by atoms with van der Waals surface area (Å²) < 4.78 is 0. The van der Waals surface area contributed by atoms with Crippen LogP contribution in [0.4, 0.5) is 0 Å². The Bertz CT molecular complexity index is 336. The fourth-order valence-electron chi connectivity index (χ4n) is 1.40. The van der Waals surface area contributed by atoms with Crippen LogP contribution in [0.3, 0.4) is 0 Å². The first-order valence-electron chi connectivity index (χ1n) is 4.80. The third-order valence-corrected chi connectivity index (χ3v) is 2.39. The van der Waals surface area contributed by atoms with Crippen LogP contribution in [0.1, 0.15) is 41.4 Å². The fraction of sp³-hybridized carbons (Fsp3) is 0.455. The van der Waals surface area contributed by atoms with Gasteiger partial charge in [0.1, 0.15) is 5.15 Å². The number of carbonyl (C=O) groups is 1. The first-order valence-corrected chi connectivity index (χ1v) is 5.18. The van der Waals surface area contributed by atoms with E-state index >= 15 is 0 Å². The largest absolute Gasteiger partial charge is 0.298 e. The Labute approximate surface area is 89.3 Å². The number of aldehydes is 1. The van der Waals surface area contributed by atoms with Crippen molar-refractivity contribution in [1.29, 1.82) is 0 Å². The van der Waals surface area contributed by atoms with Gasteiger partial charge in [-0.2, -0.15) is 0 Å². The smallest absolute Gasteiger partial charge is 0.152 e. The standard InChI is InChI=1S/C11H14ClNO/c1-3-4-5-10-9(7-14)8(2)6-11(12)13-10/h6-7H,3-5H2,1-2H3. The molecule has 0 spiro atoms. The Balaban J connectivity index is 3.05. The van der Waals surface area contributed by atoms with Crippen molar-refractivity contribution in [1.82, 2.24) is 4.98 Å². The molecule has 0 aliphatic carbocycles. The summed E-state index contributed by atoms with van der Waals surface area (Å²) in [5, 5.41) is 0.471. The molecule has 0 saturated heterocycles. The molecule has 0 aliphatic heterocycles. The highest BCUT2D eigenvalue weighted by atomic mass is 35.5. The van der Waals surface area contributed by atoms with E-state index in [-0.39, 0.29) is 0 Å². The molecule has 1 heterocycles. The molecule has 0 atom stereocenters. The number of aryl methyl sites for hydroxylation is 2. The van der Waals surface area contributed by atoms with Crippen LogP contribution in [0.5, 0.6) is 0 Å². The van der Waals surface area contributed by atoms with Gasteiger partial charge in [0, 0.05) is 5.56 Å². The lowest BCUT2D eigenvalue weighted by Crippen LogP contribution is -2.00. The zero-order valence-corrected chi connectivity index (χ0v) is 9.27. The number of halogens is 1. The molecule has 0 amide bonds. The maximum absolute atomic E-state index is 10.8. The van der Waals surface area contributed by atoms with Crippen molar-refractivity contribution < 1.29 is 4.79 Å². The summed E-state index contributed by atoms with van der Waals surface area (Å²) >= 11 is 5.83. The van der Waals surface area contributed by atoms with Crippen molar-refractivity contribution in [3.05, 3.63) is 28.0 Å². The van der Waals surface area contributed by atoms with Crippen LogP contribution in [-0.2, 0) is 6.42 Å². The van der Waals surface area contributed by atoms with E-state index in [1.807, 2.05) is 6.92 Å².